The van der Waals surface area contributed by atoms with E-state index in [-0.39, 0.29) is 11.9 Å². The molecule has 23 heavy (non-hydrogen) atoms. The van der Waals surface area contributed by atoms with Gasteiger partial charge in [0, 0.05) is 5.56 Å². The van der Waals surface area contributed by atoms with E-state index in [1.807, 2.05) is 13.8 Å². The lowest BCUT2D eigenvalue weighted by Gasteiger charge is -2.18. The number of ether oxygens (including phenoxy) is 1. The molecule has 1 N–H and O–H groups in total. The summed E-state index contributed by atoms with van der Waals surface area (Å²) in [6.07, 6.45) is 0.819. The smallest absolute Gasteiger partial charge is 0.251 e. The number of benzene rings is 2. The third-order valence-corrected chi connectivity index (χ3v) is 3.98. The second-order valence-electron chi connectivity index (χ2n) is 5.42. The SMILES string of the molecule is CCOc1ccc(C(=O)NC(CC)c2ccc(C)cc2)cc1Cl. The molecule has 122 valence electrons. The van der Waals surface area contributed by atoms with Crippen LogP contribution in [0.25, 0.3) is 0 Å². The monoisotopic (exact) mass is 331 g/mol. The van der Waals surface area contributed by atoms with Crippen LogP contribution in [0.3, 0.4) is 0 Å². The predicted octanol–water partition coefficient (Wildman–Crippen LogP) is 4.93. The molecule has 0 spiro atoms. The van der Waals surface area contributed by atoms with Crippen molar-refractivity contribution in [3.8, 4) is 5.75 Å². The van der Waals surface area contributed by atoms with Crippen LogP contribution >= 0.6 is 11.6 Å². The molecule has 0 aliphatic rings. The molecule has 0 aliphatic carbocycles. The zero-order valence-corrected chi connectivity index (χ0v) is 14.5. The van der Waals surface area contributed by atoms with Gasteiger partial charge < -0.3 is 10.1 Å². The highest BCUT2D eigenvalue weighted by atomic mass is 35.5. The Kier molecular flexibility index (Phi) is 6.05. The summed E-state index contributed by atoms with van der Waals surface area (Å²) in [7, 11) is 0. The molecule has 0 saturated carbocycles. The zero-order chi connectivity index (χ0) is 16.8. The van der Waals surface area contributed by atoms with E-state index >= 15 is 0 Å². The molecule has 0 bridgehead atoms. The third kappa shape index (κ3) is 4.49. The number of hydrogen-bond acceptors (Lipinski definition) is 2. The number of amides is 1. The molecule has 0 saturated heterocycles. The van der Waals surface area contributed by atoms with Crippen molar-refractivity contribution < 1.29 is 9.53 Å². The van der Waals surface area contributed by atoms with Gasteiger partial charge in [0.1, 0.15) is 5.75 Å². The van der Waals surface area contributed by atoms with Crippen LogP contribution in [0.5, 0.6) is 5.75 Å². The Bertz CT molecular complexity index is 668. The molecule has 4 heteroatoms. The number of carbonyl (C=O) groups excluding carboxylic acids is 1. The largest absolute Gasteiger partial charge is 0.492 e. The minimum atomic E-state index is -0.137. The lowest BCUT2D eigenvalue weighted by molar-refractivity contribution is 0.0935. The van der Waals surface area contributed by atoms with Gasteiger partial charge in [0.2, 0.25) is 0 Å². The molecule has 0 heterocycles. The number of hydrogen-bond donors (Lipinski definition) is 1. The van der Waals surface area contributed by atoms with Crippen molar-refractivity contribution in [2.24, 2.45) is 0 Å². The van der Waals surface area contributed by atoms with Gasteiger partial charge in [0.25, 0.3) is 5.91 Å². The summed E-state index contributed by atoms with van der Waals surface area (Å²) in [6.45, 7) is 6.53. The second kappa shape index (κ2) is 8.02. The van der Waals surface area contributed by atoms with Crippen molar-refractivity contribution in [1.29, 1.82) is 0 Å². The Morgan fingerprint density at radius 3 is 2.43 bits per heavy atom. The molecule has 2 aromatic carbocycles. The number of aryl methyl sites for hydroxylation is 1. The average Bonchev–Trinajstić information content (AvgIpc) is 2.55. The molecule has 1 atom stereocenters. The number of carbonyl (C=O) groups is 1. The summed E-state index contributed by atoms with van der Waals surface area (Å²) in [5.74, 6) is 0.457. The first-order chi connectivity index (χ1) is 11.0. The highest BCUT2D eigenvalue weighted by Crippen LogP contribution is 2.26. The second-order valence-corrected chi connectivity index (χ2v) is 5.83. The quantitative estimate of drug-likeness (QED) is 0.815. The standard InChI is InChI=1S/C19H22ClNO2/c1-4-17(14-8-6-13(3)7-9-14)21-19(22)15-10-11-18(23-5-2)16(20)12-15/h6-12,17H,4-5H2,1-3H3,(H,21,22). The van der Waals surface area contributed by atoms with Crippen LogP contribution in [0, 0.1) is 6.92 Å². The van der Waals surface area contributed by atoms with Gasteiger partial charge >= 0.3 is 0 Å². The Hall–Kier alpha value is -2.00. The molecule has 0 aromatic heterocycles. The first kappa shape index (κ1) is 17.4. The maximum Gasteiger partial charge on any atom is 0.251 e. The Labute approximate surface area is 142 Å². The molecule has 1 unspecified atom stereocenters. The third-order valence-electron chi connectivity index (χ3n) is 3.69. The maximum atomic E-state index is 12.5. The van der Waals surface area contributed by atoms with E-state index in [1.54, 1.807) is 18.2 Å². The van der Waals surface area contributed by atoms with Gasteiger partial charge in [-0.2, -0.15) is 0 Å². The first-order valence-corrected chi connectivity index (χ1v) is 8.22. The lowest BCUT2D eigenvalue weighted by Crippen LogP contribution is -2.28. The van der Waals surface area contributed by atoms with Crippen molar-refractivity contribution in [2.45, 2.75) is 33.2 Å². The van der Waals surface area contributed by atoms with Crippen LogP contribution in [0.2, 0.25) is 5.02 Å². The van der Waals surface area contributed by atoms with E-state index in [1.165, 1.54) is 5.56 Å². The van der Waals surface area contributed by atoms with Crippen LogP contribution in [0.15, 0.2) is 42.5 Å². The van der Waals surface area contributed by atoms with Crippen molar-refractivity contribution in [2.75, 3.05) is 6.61 Å². The molecule has 0 fully saturated rings. The summed E-state index contributed by atoms with van der Waals surface area (Å²) in [6, 6.07) is 13.3. The van der Waals surface area contributed by atoms with Gasteiger partial charge in [-0.1, -0.05) is 48.4 Å². The molecule has 3 nitrogen and oxygen atoms in total. The summed E-state index contributed by atoms with van der Waals surface area (Å²) in [5, 5.41) is 3.51. The van der Waals surface area contributed by atoms with Crippen molar-refractivity contribution >= 4 is 17.5 Å². The Morgan fingerprint density at radius 2 is 1.87 bits per heavy atom. The minimum Gasteiger partial charge on any atom is -0.492 e. The van der Waals surface area contributed by atoms with Crippen LogP contribution in [-0.4, -0.2) is 12.5 Å². The summed E-state index contributed by atoms with van der Waals surface area (Å²) in [4.78, 5) is 12.5. The summed E-state index contributed by atoms with van der Waals surface area (Å²) in [5.41, 5.74) is 2.83. The summed E-state index contributed by atoms with van der Waals surface area (Å²) >= 11 is 6.15. The minimum absolute atomic E-state index is 0.0200. The van der Waals surface area contributed by atoms with Crippen molar-refractivity contribution in [3.05, 3.63) is 64.2 Å². The summed E-state index contributed by atoms with van der Waals surface area (Å²) < 4.78 is 5.39. The Balaban J connectivity index is 2.13. The van der Waals surface area contributed by atoms with E-state index < -0.39 is 0 Å². The van der Waals surface area contributed by atoms with Gasteiger partial charge in [-0.25, -0.2) is 0 Å². The maximum absolute atomic E-state index is 12.5. The molecular weight excluding hydrogens is 310 g/mol. The van der Waals surface area contributed by atoms with Gasteiger partial charge in [0.15, 0.2) is 0 Å². The number of nitrogens with one attached hydrogen (secondary N) is 1. The van der Waals surface area contributed by atoms with Crippen LogP contribution in [-0.2, 0) is 0 Å². The van der Waals surface area contributed by atoms with Crippen LogP contribution in [0.4, 0.5) is 0 Å². The van der Waals surface area contributed by atoms with E-state index in [2.05, 4.69) is 36.5 Å². The van der Waals surface area contributed by atoms with E-state index in [4.69, 9.17) is 16.3 Å². The topological polar surface area (TPSA) is 38.3 Å². The van der Waals surface area contributed by atoms with Gasteiger partial charge in [-0.05, 0) is 44.0 Å². The fourth-order valence-electron chi connectivity index (χ4n) is 2.38. The van der Waals surface area contributed by atoms with Crippen molar-refractivity contribution in [3.63, 3.8) is 0 Å². The van der Waals surface area contributed by atoms with Gasteiger partial charge in [-0.15, -0.1) is 0 Å². The van der Waals surface area contributed by atoms with Crippen LogP contribution in [0.1, 0.15) is 47.8 Å². The molecule has 2 rings (SSSR count). The van der Waals surface area contributed by atoms with E-state index in [0.29, 0.717) is 22.9 Å². The van der Waals surface area contributed by atoms with Crippen molar-refractivity contribution in [1.82, 2.24) is 5.32 Å². The predicted molar refractivity (Wildman–Crippen MR) is 94.3 cm³/mol. The highest BCUT2D eigenvalue weighted by Gasteiger charge is 2.15. The first-order valence-electron chi connectivity index (χ1n) is 7.85. The van der Waals surface area contributed by atoms with Gasteiger partial charge in [-0.3, -0.25) is 4.79 Å². The number of rotatable bonds is 6. The average molecular weight is 332 g/mol. The lowest BCUT2D eigenvalue weighted by atomic mass is 10.0. The van der Waals surface area contributed by atoms with Crippen LogP contribution < -0.4 is 10.1 Å². The van der Waals surface area contributed by atoms with E-state index in [0.717, 1.165) is 12.0 Å². The zero-order valence-electron chi connectivity index (χ0n) is 13.7. The molecule has 1 amide bonds. The Morgan fingerprint density at radius 1 is 1.17 bits per heavy atom. The fourth-order valence-corrected chi connectivity index (χ4v) is 2.61. The molecule has 2 aromatic rings. The normalized spacial score (nSPS) is 11.8. The fraction of sp³-hybridized carbons (Fsp3) is 0.316. The van der Waals surface area contributed by atoms with E-state index in [9.17, 15) is 4.79 Å². The molecule has 0 aliphatic heterocycles. The molecule has 0 radical (unpaired) electrons. The van der Waals surface area contributed by atoms with Gasteiger partial charge in [0.05, 0.1) is 17.7 Å². The highest BCUT2D eigenvalue weighted by molar-refractivity contribution is 6.32. The number of halogens is 1. The molecular formula is C19H22ClNO2.